The van der Waals surface area contributed by atoms with Crippen molar-refractivity contribution in [3.8, 4) is 0 Å². The maximum absolute atomic E-state index is 5.92. The molecule has 0 unspecified atom stereocenters. The number of nitrogens with zero attached hydrogens (tertiary/aromatic N) is 2. The SMILES string of the molecule is C\C=C/C=C\C=C\CCN=C1NC(N)=NC2(CCCCC2)N1. The van der Waals surface area contributed by atoms with E-state index in [1.807, 2.05) is 37.3 Å². The summed E-state index contributed by atoms with van der Waals surface area (Å²) in [5, 5.41) is 6.47. The van der Waals surface area contributed by atoms with Gasteiger partial charge in [-0.25, -0.2) is 4.99 Å². The third-order valence-electron chi connectivity index (χ3n) is 3.84. The van der Waals surface area contributed by atoms with Crippen LogP contribution in [0.5, 0.6) is 0 Å². The molecule has 1 heterocycles. The van der Waals surface area contributed by atoms with Crippen molar-refractivity contribution in [2.75, 3.05) is 6.54 Å². The van der Waals surface area contributed by atoms with Gasteiger partial charge < -0.3 is 11.1 Å². The second-order valence-corrected chi connectivity index (χ2v) is 5.70. The number of allylic oxidation sites excluding steroid dienone is 5. The molecule has 1 spiro atoms. The number of hydrogen-bond donors (Lipinski definition) is 3. The highest BCUT2D eigenvalue weighted by molar-refractivity contribution is 6.00. The first-order valence-electron chi connectivity index (χ1n) is 8.14. The van der Waals surface area contributed by atoms with Gasteiger partial charge in [-0.2, -0.15) is 0 Å². The molecular weight excluding hydrogens is 274 g/mol. The van der Waals surface area contributed by atoms with Crippen molar-refractivity contribution in [1.29, 1.82) is 0 Å². The molecule has 0 amide bonds. The van der Waals surface area contributed by atoms with Gasteiger partial charge in [0, 0.05) is 6.54 Å². The minimum absolute atomic E-state index is 0.225. The lowest BCUT2D eigenvalue weighted by molar-refractivity contribution is 0.270. The molecule has 120 valence electrons. The van der Waals surface area contributed by atoms with Gasteiger partial charge in [0.15, 0.2) is 11.9 Å². The van der Waals surface area contributed by atoms with E-state index in [0.717, 1.165) is 31.8 Å². The van der Waals surface area contributed by atoms with Crippen LogP contribution in [0.25, 0.3) is 0 Å². The highest BCUT2D eigenvalue weighted by atomic mass is 15.4. The summed E-state index contributed by atoms with van der Waals surface area (Å²) < 4.78 is 0. The largest absolute Gasteiger partial charge is 0.370 e. The van der Waals surface area contributed by atoms with E-state index in [-0.39, 0.29) is 5.66 Å². The first-order chi connectivity index (χ1) is 10.7. The molecule has 0 saturated heterocycles. The van der Waals surface area contributed by atoms with E-state index in [1.165, 1.54) is 19.3 Å². The summed E-state index contributed by atoms with van der Waals surface area (Å²) in [6, 6.07) is 0. The van der Waals surface area contributed by atoms with Crippen LogP contribution in [0.4, 0.5) is 0 Å². The first-order valence-corrected chi connectivity index (χ1v) is 8.14. The fourth-order valence-corrected chi connectivity index (χ4v) is 2.78. The Kier molecular flexibility index (Phi) is 6.25. The van der Waals surface area contributed by atoms with E-state index in [9.17, 15) is 0 Å². The molecule has 1 saturated carbocycles. The average molecular weight is 301 g/mol. The van der Waals surface area contributed by atoms with Gasteiger partial charge in [0.1, 0.15) is 5.66 Å². The molecule has 0 bridgehead atoms. The van der Waals surface area contributed by atoms with E-state index in [0.29, 0.717) is 5.96 Å². The smallest absolute Gasteiger partial charge is 0.200 e. The van der Waals surface area contributed by atoms with Crippen molar-refractivity contribution in [3.05, 3.63) is 36.5 Å². The molecule has 2 aliphatic rings. The summed E-state index contributed by atoms with van der Waals surface area (Å²) >= 11 is 0. The number of rotatable bonds is 5. The standard InChI is InChI=1S/C17H27N5/c1-2-3-4-5-6-7-11-14-19-16-20-15(18)21-17(22-16)12-9-8-10-13-17/h2-7H,8-14H2,1H3,(H4,18,19,20,21,22)/b3-2-,5-4-,7-6+. The Bertz CT molecular complexity index is 493. The van der Waals surface area contributed by atoms with Crippen molar-refractivity contribution >= 4 is 11.9 Å². The zero-order valence-electron chi connectivity index (χ0n) is 13.4. The van der Waals surface area contributed by atoms with Gasteiger partial charge in [-0.3, -0.25) is 10.3 Å². The van der Waals surface area contributed by atoms with Gasteiger partial charge in [0.25, 0.3) is 0 Å². The maximum atomic E-state index is 5.92. The van der Waals surface area contributed by atoms with Crippen LogP contribution >= 0.6 is 0 Å². The molecule has 5 nitrogen and oxygen atoms in total. The van der Waals surface area contributed by atoms with E-state index < -0.39 is 0 Å². The normalized spacial score (nSPS) is 23.3. The fourth-order valence-electron chi connectivity index (χ4n) is 2.78. The molecule has 22 heavy (non-hydrogen) atoms. The van der Waals surface area contributed by atoms with Crippen molar-refractivity contribution in [2.45, 2.75) is 51.1 Å². The van der Waals surface area contributed by atoms with Crippen LogP contribution in [0.1, 0.15) is 45.4 Å². The average Bonchev–Trinajstić information content (AvgIpc) is 2.50. The third-order valence-corrected chi connectivity index (χ3v) is 3.84. The lowest BCUT2D eigenvalue weighted by atomic mass is 9.89. The van der Waals surface area contributed by atoms with Crippen molar-refractivity contribution in [2.24, 2.45) is 15.7 Å². The molecule has 2 rings (SSSR count). The highest BCUT2D eigenvalue weighted by Gasteiger charge is 2.35. The summed E-state index contributed by atoms with van der Waals surface area (Å²) in [5.41, 5.74) is 5.69. The lowest BCUT2D eigenvalue weighted by Crippen LogP contribution is -2.61. The minimum atomic E-state index is -0.225. The molecule has 0 aromatic rings. The number of nitrogens with two attached hydrogens (primary N) is 1. The van der Waals surface area contributed by atoms with Crippen molar-refractivity contribution in [3.63, 3.8) is 0 Å². The maximum Gasteiger partial charge on any atom is 0.200 e. The Labute approximate surface area is 133 Å². The Morgan fingerprint density at radius 2 is 1.95 bits per heavy atom. The molecule has 4 N–H and O–H groups in total. The van der Waals surface area contributed by atoms with Gasteiger partial charge >= 0.3 is 0 Å². The fraction of sp³-hybridized carbons (Fsp3) is 0.529. The molecule has 1 aliphatic heterocycles. The molecular formula is C17H27N5. The second kappa shape index (κ2) is 8.41. The van der Waals surface area contributed by atoms with Gasteiger partial charge in [-0.05, 0) is 39.0 Å². The van der Waals surface area contributed by atoms with Crippen LogP contribution in [-0.2, 0) is 0 Å². The Morgan fingerprint density at radius 3 is 2.73 bits per heavy atom. The van der Waals surface area contributed by atoms with Gasteiger partial charge in [-0.15, -0.1) is 0 Å². The zero-order valence-corrected chi connectivity index (χ0v) is 13.4. The third kappa shape index (κ3) is 5.06. The predicted molar refractivity (Wildman–Crippen MR) is 93.7 cm³/mol. The summed E-state index contributed by atoms with van der Waals surface area (Å²) in [6.45, 7) is 2.73. The van der Waals surface area contributed by atoms with Gasteiger partial charge in [0.05, 0.1) is 0 Å². The summed E-state index contributed by atoms with van der Waals surface area (Å²) in [6.07, 6.45) is 18.8. The van der Waals surface area contributed by atoms with E-state index in [1.54, 1.807) is 0 Å². The van der Waals surface area contributed by atoms with Crippen LogP contribution in [0.3, 0.4) is 0 Å². The van der Waals surface area contributed by atoms with Crippen molar-refractivity contribution in [1.82, 2.24) is 10.6 Å². The van der Waals surface area contributed by atoms with Crippen LogP contribution in [0.2, 0.25) is 0 Å². The van der Waals surface area contributed by atoms with Crippen molar-refractivity contribution < 1.29 is 0 Å². The lowest BCUT2D eigenvalue weighted by Gasteiger charge is -2.38. The van der Waals surface area contributed by atoms with Crippen LogP contribution in [-0.4, -0.2) is 24.1 Å². The molecule has 1 aliphatic carbocycles. The molecule has 0 radical (unpaired) electrons. The molecule has 1 fully saturated rings. The number of nitrogens with one attached hydrogen (secondary N) is 2. The Balaban J connectivity index is 1.83. The summed E-state index contributed by atoms with van der Waals surface area (Å²) in [7, 11) is 0. The van der Waals surface area contributed by atoms with Gasteiger partial charge in [0.2, 0.25) is 0 Å². The summed E-state index contributed by atoms with van der Waals surface area (Å²) in [4.78, 5) is 9.13. The van der Waals surface area contributed by atoms with E-state index in [2.05, 4.69) is 26.7 Å². The highest BCUT2D eigenvalue weighted by Crippen LogP contribution is 2.30. The molecule has 5 heteroatoms. The number of aliphatic imine (C=N–C) groups is 2. The molecule has 0 atom stereocenters. The predicted octanol–water partition coefficient (Wildman–Crippen LogP) is 2.59. The molecule has 0 aromatic heterocycles. The zero-order chi connectivity index (χ0) is 15.7. The van der Waals surface area contributed by atoms with E-state index in [4.69, 9.17) is 5.73 Å². The first kappa shape index (κ1) is 16.3. The van der Waals surface area contributed by atoms with Crippen LogP contribution in [0.15, 0.2) is 46.4 Å². The number of guanidine groups is 2. The van der Waals surface area contributed by atoms with Crippen LogP contribution < -0.4 is 16.4 Å². The van der Waals surface area contributed by atoms with Gasteiger partial charge in [-0.1, -0.05) is 42.9 Å². The number of hydrogen-bond acceptors (Lipinski definition) is 3. The van der Waals surface area contributed by atoms with E-state index >= 15 is 0 Å². The quantitative estimate of drug-likeness (QED) is 0.540. The second-order valence-electron chi connectivity index (χ2n) is 5.70. The monoisotopic (exact) mass is 301 g/mol. The summed E-state index contributed by atoms with van der Waals surface area (Å²) in [5.74, 6) is 1.23. The Morgan fingerprint density at radius 1 is 1.18 bits per heavy atom. The molecule has 0 aromatic carbocycles. The van der Waals surface area contributed by atoms with Crippen LogP contribution in [0, 0.1) is 0 Å². The topological polar surface area (TPSA) is 74.8 Å². The Hall–Kier alpha value is -2.04. The minimum Gasteiger partial charge on any atom is -0.370 e.